The summed E-state index contributed by atoms with van der Waals surface area (Å²) in [5.74, 6) is 0. The first-order valence-corrected chi connectivity index (χ1v) is 7.27. The molecule has 0 N–H and O–H groups in total. The third-order valence-corrected chi connectivity index (χ3v) is 4.25. The lowest BCUT2D eigenvalue weighted by Gasteiger charge is -2.34. The average molecular weight is 309 g/mol. The van der Waals surface area contributed by atoms with E-state index < -0.39 is 11.1 Å². The normalized spacial score (nSPS) is 22.0. The Labute approximate surface area is 117 Å². The number of halogens is 1. The Hall–Kier alpha value is -0.640. The van der Waals surface area contributed by atoms with Crippen LogP contribution in [-0.4, -0.2) is 16.1 Å². The average Bonchev–Trinajstić information content (AvgIpc) is 2.50. The number of benzene rings is 1. The fraction of sp³-hybridized carbons (Fsp3) is 0.467. The molecule has 97 valence electrons. The Balaban J connectivity index is 2.43. The van der Waals surface area contributed by atoms with Crippen molar-refractivity contribution in [1.29, 1.82) is 0 Å². The highest BCUT2D eigenvalue weighted by molar-refractivity contribution is 9.08. The van der Waals surface area contributed by atoms with Crippen molar-refractivity contribution in [2.24, 2.45) is 0 Å². The van der Waals surface area contributed by atoms with Crippen LogP contribution >= 0.6 is 15.9 Å². The molecule has 18 heavy (non-hydrogen) atoms. The van der Waals surface area contributed by atoms with Gasteiger partial charge in [0.15, 0.2) is 0 Å². The summed E-state index contributed by atoms with van der Waals surface area (Å²) in [6, 6.07) is 8.39. The molecule has 1 aliphatic heterocycles. The van der Waals surface area contributed by atoms with E-state index in [0.717, 1.165) is 16.5 Å². The van der Waals surface area contributed by atoms with Crippen LogP contribution < -0.4 is 0 Å². The molecule has 0 fully saturated rings. The lowest BCUT2D eigenvalue weighted by molar-refractivity contribution is -0.234. The molecule has 1 aromatic rings. The van der Waals surface area contributed by atoms with Crippen LogP contribution in [0.15, 0.2) is 30.3 Å². The van der Waals surface area contributed by atoms with Crippen molar-refractivity contribution in [3.05, 3.63) is 41.5 Å². The molecule has 2 rings (SSSR count). The molecule has 1 aromatic carbocycles. The minimum Gasteiger partial charge on any atom is -0.136 e. The van der Waals surface area contributed by atoms with E-state index in [2.05, 4.69) is 46.3 Å². The molecule has 1 heterocycles. The van der Waals surface area contributed by atoms with Gasteiger partial charge in [0.1, 0.15) is 0 Å². The van der Waals surface area contributed by atoms with Gasteiger partial charge in [-0.1, -0.05) is 46.3 Å². The maximum absolute atomic E-state index is 12.3. The van der Waals surface area contributed by atoms with Crippen LogP contribution in [0, 0.1) is 0 Å². The Morgan fingerprint density at radius 1 is 1.11 bits per heavy atom. The summed E-state index contributed by atoms with van der Waals surface area (Å²) in [7, 11) is 0. The molecule has 0 bridgehead atoms. The van der Waals surface area contributed by atoms with E-state index in [1.54, 1.807) is 0 Å². The van der Waals surface area contributed by atoms with E-state index >= 15 is 0 Å². The summed E-state index contributed by atoms with van der Waals surface area (Å²) >= 11 is 3.44. The minimum absolute atomic E-state index is 0.438. The van der Waals surface area contributed by atoms with Gasteiger partial charge in [-0.2, -0.15) is 0 Å². The molecule has 0 aromatic heterocycles. The van der Waals surface area contributed by atoms with Crippen molar-refractivity contribution in [1.82, 2.24) is 5.06 Å². The van der Waals surface area contributed by atoms with Gasteiger partial charge in [0.05, 0.1) is 11.1 Å². The molecule has 1 radical (unpaired) electrons. The lowest BCUT2D eigenvalue weighted by Crippen LogP contribution is -2.46. The van der Waals surface area contributed by atoms with Gasteiger partial charge >= 0.3 is 0 Å². The first-order chi connectivity index (χ1) is 8.29. The summed E-state index contributed by atoms with van der Waals surface area (Å²) in [5.41, 5.74) is 2.58. The first kappa shape index (κ1) is 13.8. The maximum atomic E-state index is 12.3. The van der Waals surface area contributed by atoms with Gasteiger partial charge in [0.25, 0.3) is 0 Å². The largest absolute Gasteiger partial charge is 0.136 e. The van der Waals surface area contributed by atoms with Gasteiger partial charge in [-0.3, -0.25) is 0 Å². The summed E-state index contributed by atoms with van der Waals surface area (Å²) in [6.45, 7) is 7.89. The third-order valence-electron chi connectivity index (χ3n) is 3.61. The Kier molecular flexibility index (Phi) is 3.43. The van der Waals surface area contributed by atoms with Crippen molar-refractivity contribution in [2.45, 2.75) is 44.1 Å². The zero-order valence-electron chi connectivity index (χ0n) is 11.3. The molecule has 0 saturated carbocycles. The molecule has 3 heteroatoms. The van der Waals surface area contributed by atoms with Crippen LogP contribution in [0.4, 0.5) is 0 Å². The zero-order chi connectivity index (χ0) is 13.6. The van der Waals surface area contributed by atoms with Gasteiger partial charge in [-0.25, -0.2) is 0 Å². The number of rotatable bonds is 2. The second-order valence-corrected chi connectivity index (χ2v) is 6.46. The predicted octanol–water partition coefficient (Wildman–Crippen LogP) is 4.18. The van der Waals surface area contributed by atoms with Crippen LogP contribution in [0.1, 0.15) is 38.8 Å². The molecular weight excluding hydrogens is 290 g/mol. The number of hydroxylamine groups is 2. The van der Waals surface area contributed by atoms with Crippen molar-refractivity contribution in [2.75, 3.05) is 0 Å². The van der Waals surface area contributed by atoms with E-state index in [0.29, 0.717) is 0 Å². The number of hydrogen-bond acceptors (Lipinski definition) is 1. The van der Waals surface area contributed by atoms with E-state index in [9.17, 15) is 5.21 Å². The van der Waals surface area contributed by atoms with E-state index in [1.165, 1.54) is 10.6 Å². The lowest BCUT2D eigenvalue weighted by atomic mass is 9.90. The summed E-state index contributed by atoms with van der Waals surface area (Å²) < 4.78 is 0. The van der Waals surface area contributed by atoms with Crippen molar-refractivity contribution >= 4 is 21.5 Å². The standard InChI is InChI=1S/C15H19BrNO/c1-14(2)9-13(15(3,4)17(14)18)12-7-5-11(10-16)6-8-12/h5-9H,10H2,1-4H3. The van der Waals surface area contributed by atoms with Crippen molar-refractivity contribution < 1.29 is 5.21 Å². The zero-order valence-corrected chi connectivity index (χ0v) is 12.9. The Morgan fingerprint density at radius 3 is 2.06 bits per heavy atom. The first-order valence-electron chi connectivity index (χ1n) is 6.15. The fourth-order valence-electron chi connectivity index (χ4n) is 2.63. The molecule has 0 unspecified atom stereocenters. The maximum Gasteiger partial charge on any atom is 0.0698 e. The molecular formula is C15H19BrNO. The van der Waals surface area contributed by atoms with Crippen LogP contribution in [0.25, 0.3) is 5.57 Å². The van der Waals surface area contributed by atoms with Gasteiger partial charge in [0.2, 0.25) is 0 Å². The SMILES string of the molecule is CC1(C)C=C(c2ccc(CBr)cc2)C(C)(C)N1[O]. The van der Waals surface area contributed by atoms with Gasteiger partial charge < -0.3 is 0 Å². The van der Waals surface area contributed by atoms with Crippen LogP contribution in [0.3, 0.4) is 0 Å². The molecule has 0 saturated heterocycles. The summed E-state index contributed by atoms with van der Waals surface area (Å²) in [6.07, 6.45) is 2.09. The molecule has 2 nitrogen and oxygen atoms in total. The monoisotopic (exact) mass is 308 g/mol. The van der Waals surface area contributed by atoms with Crippen molar-refractivity contribution in [3.63, 3.8) is 0 Å². The van der Waals surface area contributed by atoms with Crippen LogP contribution in [0.5, 0.6) is 0 Å². The van der Waals surface area contributed by atoms with Crippen molar-refractivity contribution in [3.8, 4) is 0 Å². The quantitative estimate of drug-likeness (QED) is 0.752. The molecule has 1 aliphatic rings. The van der Waals surface area contributed by atoms with Gasteiger partial charge in [0, 0.05) is 5.33 Å². The summed E-state index contributed by atoms with van der Waals surface area (Å²) in [5, 5.41) is 14.4. The van der Waals surface area contributed by atoms with Gasteiger partial charge in [-0.05, 0) is 44.4 Å². The number of hydrogen-bond donors (Lipinski definition) is 0. The third kappa shape index (κ3) is 2.15. The Bertz CT molecular complexity index is 474. The molecule has 0 spiro atoms. The number of alkyl halides is 1. The van der Waals surface area contributed by atoms with E-state index in [1.807, 2.05) is 27.7 Å². The highest BCUT2D eigenvalue weighted by atomic mass is 79.9. The predicted molar refractivity (Wildman–Crippen MR) is 77.7 cm³/mol. The Morgan fingerprint density at radius 2 is 1.67 bits per heavy atom. The smallest absolute Gasteiger partial charge is 0.0698 e. The van der Waals surface area contributed by atoms with Crippen LogP contribution in [-0.2, 0) is 10.5 Å². The van der Waals surface area contributed by atoms with Gasteiger partial charge in [-0.15, -0.1) is 10.3 Å². The highest BCUT2D eigenvalue weighted by Crippen LogP contribution is 2.43. The second-order valence-electron chi connectivity index (χ2n) is 5.90. The van der Waals surface area contributed by atoms with Crippen LogP contribution in [0.2, 0.25) is 0 Å². The summed E-state index contributed by atoms with van der Waals surface area (Å²) in [4.78, 5) is 0. The second kappa shape index (κ2) is 4.48. The fourth-order valence-corrected chi connectivity index (χ4v) is 3.00. The molecule has 0 amide bonds. The minimum atomic E-state index is -0.473. The molecule has 0 atom stereocenters. The molecule has 0 aliphatic carbocycles. The van der Waals surface area contributed by atoms with E-state index in [-0.39, 0.29) is 0 Å². The highest BCUT2D eigenvalue weighted by Gasteiger charge is 2.46. The topological polar surface area (TPSA) is 23.1 Å². The number of nitrogens with zero attached hydrogens (tertiary/aromatic N) is 1. The van der Waals surface area contributed by atoms with E-state index in [4.69, 9.17) is 0 Å².